The number of carbonyl (C=O) groups excluding carboxylic acids is 1. The number of benzene rings is 2. The molecule has 13 heteroatoms. The number of nitrogens with one attached hydrogen (secondary N) is 1. The number of phenols is 1. The van der Waals surface area contributed by atoms with Gasteiger partial charge in [0.2, 0.25) is 5.91 Å². The Labute approximate surface area is 202 Å². The number of carbonyl (C=O) groups is 1. The van der Waals surface area contributed by atoms with Gasteiger partial charge in [0.15, 0.2) is 17.3 Å². The number of aromatic hydroxyl groups is 1. The Morgan fingerprint density at radius 2 is 2.00 bits per heavy atom. The van der Waals surface area contributed by atoms with Gasteiger partial charge in [0.25, 0.3) is 15.7 Å². The van der Waals surface area contributed by atoms with Gasteiger partial charge >= 0.3 is 0 Å². The lowest BCUT2D eigenvalue weighted by molar-refractivity contribution is -0.385. The summed E-state index contributed by atoms with van der Waals surface area (Å²) in [5.74, 6) is -0.846. The molecule has 0 unspecified atom stereocenters. The van der Waals surface area contributed by atoms with Crippen LogP contribution < -0.4 is 10.1 Å². The van der Waals surface area contributed by atoms with Gasteiger partial charge in [-0.3, -0.25) is 14.9 Å². The van der Waals surface area contributed by atoms with Gasteiger partial charge in [-0.1, -0.05) is 12.1 Å². The number of nitro groups is 1. The van der Waals surface area contributed by atoms with Crippen molar-refractivity contribution in [3.05, 3.63) is 57.6 Å². The minimum Gasteiger partial charge on any atom is -0.504 e. The van der Waals surface area contributed by atoms with Crippen LogP contribution in [0, 0.1) is 10.1 Å². The van der Waals surface area contributed by atoms with E-state index in [4.69, 9.17) is 4.74 Å². The highest BCUT2D eigenvalue weighted by Gasteiger charge is 2.32. The van der Waals surface area contributed by atoms with Gasteiger partial charge in [-0.25, -0.2) is 5.01 Å². The Balaban J connectivity index is 2.02. The highest BCUT2D eigenvalue weighted by Crippen LogP contribution is 2.34. The predicted octanol–water partition coefficient (Wildman–Crippen LogP) is 2.40. The van der Waals surface area contributed by atoms with E-state index in [0.717, 1.165) is 18.3 Å². The van der Waals surface area contributed by atoms with Crippen molar-refractivity contribution in [1.29, 1.82) is 0 Å². The molecule has 12 nitrogen and oxygen atoms in total. The van der Waals surface area contributed by atoms with E-state index in [1.54, 1.807) is 18.2 Å². The van der Waals surface area contributed by atoms with Crippen molar-refractivity contribution < 1.29 is 28.0 Å². The first-order valence-electron chi connectivity index (χ1n) is 10.4. The number of fused-ring (bicyclic) bond motifs is 1. The molecule has 2 aromatic carbocycles. The SMILES string of the molecule is COc1cc([N+](=O)[O-])cc(C=NN(CCC(=O)NC(C)(C)C)C2=NS(=O)(=O)c3ccccc32)c1O. The molecule has 0 bridgehead atoms. The van der Waals surface area contributed by atoms with E-state index in [0.29, 0.717) is 5.56 Å². The van der Waals surface area contributed by atoms with Crippen LogP contribution in [0.5, 0.6) is 11.5 Å². The largest absolute Gasteiger partial charge is 0.504 e. The van der Waals surface area contributed by atoms with Gasteiger partial charge in [-0.15, -0.1) is 4.40 Å². The van der Waals surface area contributed by atoms with Crippen LogP contribution in [-0.4, -0.2) is 60.6 Å². The normalized spacial score (nSPS) is 14.3. The molecule has 1 heterocycles. The molecule has 0 saturated heterocycles. The summed E-state index contributed by atoms with van der Waals surface area (Å²) in [5.41, 5.74) is -0.572. The van der Waals surface area contributed by atoms with Gasteiger partial charge in [-0.05, 0) is 32.9 Å². The third kappa shape index (κ3) is 5.93. The van der Waals surface area contributed by atoms with Crippen LogP contribution in [0.4, 0.5) is 5.69 Å². The fraction of sp³-hybridized carbons (Fsp3) is 0.318. The number of ether oxygens (including phenoxy) is 1. The fourth-order valence-electron chi connectivity index (χ4n) is 3.29. The number of nitro benzene ring substituents is 1. The third-order valence-electron chi connectivity index (χ3n) is 4.78. The summed E-state index contributed by atoms with van der Waals surface area (Å²) in [7, 11) is -2.73. The number of phenolic OH excluding ortho intramolecular Hbond substituents is 1. The highest BCUT2D eigenvalue weighted by atomic mass is 32.2. The first-order valence-corrected chi connectivity index (χ1v) is 11.9. The van der Waals surface area contributed by atoms with E-state index in [9.17, 15) is 28.4 Å². The van der Waals surface area contributed by atoms with Crippen molar-refractivity contribution in [2.45, 2.75) is 37.6 Å². The lowest BCUT2D eigenvalue weighted by atomic mass is 10.1. The number of hydrazone groups is 1. The average molecular weight is 504 g/mol. The molecule has 0 aromatic heterocycles. The van der Waals surface area contributed by atoms with E-state index < -0.39 is 26.2 Å². The Bertz CT molecular complexity index is 1330. The second kappa shape index (κ2) is 9.70. The fourth-order valence-corrected chi connectivity index (χ4v) is 4.49. The number of amides is 1. The Morgan fingerprint density at radius 1 is 1.31 bits per heavy atom. The topological polar surface area (TPSA) is 164 Å². The summed E-state index contributed by atoms with van der Waals surface area (Å²) >= 11 is 0. The summed E-state index contributed by atoms with van der Waals surface area (Å²) in [6, 6.07) is 8.32. The van der Waals surface area contributed by atoms with Gasteiger partial charge in [0, 0.05) is 29.2 Å². The number of nitrogens with zero attached hydrogens (tertiary/aromatic N) is 4. The van der Waals surface area contributed by atoms with Crippen LogP contribution >= 0.6 is 0 Å². The molecule has 2 N–H and O–H groups in total. The van der Waals surface area contributed by atoms with Gasteiger partial charge in [0.1, 0.15) is 4.90 Å². The molecule has 1 aliphatic heterocycles. The minimum atomic E-state index is -3.97. The number of rotatable bonds is 7. The summed E-state index contributed by atoms with van der Waals surface area (Å²) in [6.45, 7) is 5.41. The molecular weight excluding hydrogens is 478 g/mol. The highest BCUT2D eigenvalue weighted by molar-refractivity contribution is 7.90. The van der Waals surface area contributed by atoms with Crippen molar-refractivity contribution in [2.24, 2.45) is 9.50 Å². The molecule has 0 atom stereocenters. The summed E-state index contributed by atoms with van der Waals surface area (Å²) in [5, 5.41) is 29.9. The summed E-state index contributed by atoms with van der Waals surface area (Å²) < 4.78 is 33.9. The van der Waals surface area contributed by atoms with Crippen LogP contribution in [0.3, 0.4) is 0 Å². The molecule has 1 amide bonds. The lowest BCUT2D eigenvalue weighted by Crippen LogP contribution is -2.42. The average Bonchev–Trinajstić information content (AvgIpc) is 3.04. The van der Waals surface area contributed by atoms with E-state index in [1.807, 2.05) is 20.8 Å². The first-order chi connectivity index (χ1) is 16.3. The van der Waals surface area contributed by atoms with Crippen molar-refractivity contribution in [3.8, 4) is 11.5 Å². The molecule has 0 radical (unpaired) electrons. The van der Waals surface area contributed by atoms with Crippen LogP contribution in [0.2, 0.25) is 0 Å². The maximum absolute atomic E-state index is 12.5. The molecule has 1 aliphatic rings. The Kier molecular flexibility index (Phi) is 7.10. The van der Waals surface area contributed by atoms with Gasteiger partial charge in [0.05, 0.1) is 30.9 Å². The second-order valence-electron chi connectivity index (χ2n) is 8.64. The Morgan fingerprint density at radius 3 is 2.63 bits per heavy atom. The molecule has 2 aromatic rings. The summed E-state index contributed by atoms with van der Waals surface area (Å²) in [6.07, 6.45) is 1.06. The zero-order valence-corrected chi connectivity index (χ0v) is 20.4. The zero-order chi connectivity index (χ0) is 26.0. The molecule has 35 heavy (non-hydrogen) atoms. The number of sulfonamides is 1. The zero-order valence-electron chi connectivity index (χ0n) is 19.5. The molecule has 186 valence electrons. The summed E-state index contributed by atoms with van der Waals surface area (Å²) in [4.78, 5) is 23.0. The number of hydrogen-bond acceptors (Lipinski definition) is 9. The predicted molar refractivity (Wildman–Crippen MR) is 128 cm³/mol. The van der Waals surface area contributed by atoms with Crippen molar-refractivity contribution in [1.82, 2.24) is 10.3 Å². The number of methoxy groups -OCH3 is 1. The quantitative estimate of drug-likeness (QED) is 0.330. The number of hydrogen-bond donors (Lipinski definition) is 2. The van der Waals surface area contributed by atoms with Crippen molar-refractivity contribution in [3.63, 3.8) is 0 Å². The lowest BCUT2D eigenvalue weighted by Gasteiger charge is -2.22. The minimum absolute atomic E-state index is 0.00536. The standard InChI is InChI=1S/C22H25N5O7S/c1-22(2,3)24-19(28)9-10-26(21-16-7-5-6-8-18(16)35(32,33)25-21)23-13-14-11-15(27(30)31)12-17(34-4)20(14)29/h5-8,11-13,29H,9-10H2,1-4H3,(H,24,28). The molecule has 0 aliphatic carbocycles. The number of non-ortho nitro benzene ring substituents is 1. The van der Waals surface area contributed by atoms with E-state index in [-0.39, 0.29) is 46.6 Å². The van der Waals surface area contributed by atoms with Crippen LogP contribution in [0.25, 0.3) is 0 Å². The van der Waals surface area contributed by atoms with Crippen molar-refractivity contribution in [2.75, 3.05) is 13.7 Å². The molecule has 0 fully saturated rings. The van der Waals surface area contributed by atoms with Gasteiger partial charge in [-0.2, -0.15) is 13.5 Å². The third-order valence-corrected chi connectivity index (χ3v) is 6.10. The monoisotopic (exact) mass is 503 g/mol. The molecule has 0 spiro atoms. The second-order valence-corrected chi connectivity index (χ2v) is 10.2. The van der Waals surface area contributed by atoms with E-state index in [2.05, 4.69) is 14.8 Å². The molecular formula is C22H25N5O7S. The van der Waals surface area contributed by atoms with Crippen LogP contribution in [0.1, 0.15) is 38.3 Å². The first kappa shape index (κ1) is 25.6. The smallest absolute Gasteiger partial charge is 0.285 e. The van der Waals surface area contributed by atoms with Crippen LogP contribution in [-0.2, 0) is 14.8 Å². The maximum atomic E-state index is 12.5. The van der Waals surface area contributed by atoms with Crippen LogP contribution in [0.15, 0.2) is 50.8 Å². The maximum Gasteiger partial charge on any atom is 0.285 e. The molecule has 0 saturated carbocycles. The van der Waals surface area contributed by atoms with Gasteiger partial charge < -0.3 is 15.2 Å². The Hall–Kier alpha value is -4.00. The van der Waals surface area contributed by atoms with Crippen molar-refractivity contribution >= 4 is 33.7 Å². The van der Waals surface area contributed by atoms with E-state index >= 15 is 0 Å². The van der Waals surface area contributed by atoms with E-state index in [1.165, 1.54) is 18.2 Å². The number of amidine groups is 1. The molecule has 3 rings (SSSR count).